The van der Waals surface area contributed by atoms with E-state index in [-0.39, 0.29) is 5.91 Å². The number of carbonyl (C=O) groups is 1. The highest BCUT2D eigenvalue weighted by Gasteiger charge is 2.17. The Balaban J connectivity index is 2.29. The summed E-state index contributed by atoms with van der Waals surface area (Å²) in [5.41, 5.74) is 4.58. The first kappa shape index (κ1) is 16.3. The lowest BCUT2D eigenvalue weighted by atomic mass is 10.1. The molecule has 118 valence electrons. The molecule has 1 heterocycles. The third kappa shape index (κ3) is 3.22. The van der Waals surface area contributed by atoms with Gasteiger partial charge in [-0.15, -0.1) is 0 Å². The van der Waals surface area contributed by atoms with Crippen LogP contribution in [-0.2, 0) is 11.3 Å². The predicted molar refractivity (Wildman–Crippen MR) is 89.4 cm³/mol. The van der Waals surface area contributed by atoms with Gasteiger partial charge in [0.1, 0.15) is 0 Å². The number of rotatable bonds is 5. The van der Waals surface area contributed by atoms with Crippen LogP contribution in [0.3, 0.4) is 0 Å². The van der Waals surface area contributed by atoms with E-state index >= 15 is 0 Å². The van der Waals surface area contributed by atoms with Gasteiger partial charge in [0, 0.05) is 35.8 Å². The van der Waals surface area contributed by atoms with Gasteiger partial charge in [-0.25, -0.2) is 0 Å². The molecule has 1 aromatic carbocycles. The Kier molecular flexibility index (Phi) is 5.03. The number of hydrogen-bond acceptors (Lipinski definition) is 2. The highest BCUT2D eigenvalue weighted by atomic mass is 16.5. The number of nitrogens with zero attached hydrogens (tertiary/aromatic N) is 1. The van der Waals surface area contributed by atoms with Crippen molar-refractivity contribution >= 4 is 11.6 Å². The molecule has 1 aromatic heterocycles. The summed E-state index contributed by atoms with van der Waals surface area (Å²) in [5, 5.41) is 3.00. The van der Waals surface area contributed by atoms with Crippen molar-refractivity contribution in [3.63, 3.8) is 0 Å². The summed E-state index contributed by atoms with van der Waals surface area (Å²) in [6.07, 6.45) is 0. The van der Waals surface area contributed by atoms with E-state index in [1.165, 1.54) is 0 Å². The van der Waals surface area contributed by atoms with Crippen LogP contribution in [0.5, 0.6) is 0 Å². The highest BCUT2D eigenvalue weighted by molar-refractivity contribution is 6.05. The number of methoxy groups -OCH3 is 1. The summed E-state index contributed by atoms with van der Waals surface area (Å²) < 4.78 is 7.36. The number of ether oxygens (including phenoxy) is 1. The quantitative estimate of drug-likeness (QED) is 0.904. The Morgan fingerprint density at radius 1 is 1.27 bits per heavy atom. The minimum Gasteiger partial charge on any atom is -0.380 e. The zero-order chi connectivity index (χ0) is 16.3. The zero-order valence-electron chi connectivity index (χ0n) is 13.9. The molecule has 0 spiro atoms. The number of benzene rings is 1. The van der Waals surface area contributed by atoms with E-state index in [1.54, 1.807) is 7.11 Å². The fraction of sp³-hybridized carbons (Fsp3) is 0.389. The maximum absolute atomic E-state index is 12.6. The fourth-order valence-electron chi connectivity index (χ4n) is 2.91. The molecule has 0 radical (unpaired) electrons. The van der Waals surface area contributed by atoms with Crippen molar-refractivity contribution in [1.29, 1.82) is 0 Å². The fourth-order valence-corrected chi connectivity index (χ4v) is 2.91. The number of hydrogen-bond donors (Lipinski definition) is 1. The first-order valence-corrected chi connectivity index (χ1v) is 7.52. The Labute approximate surface area is 132 Å². The lowest BCUT2D eigenvalue weighted by molar-refractivity contribution is 0.102. The molecule has 4 nitrogen and oxygen atoms in total. The van der Waals surface area contributed by atoms with E-state index in [0.717, 1.165) is 28.2 Å². The molecule has 4 heteroatoms. The summed E-state index contributed by atoms with van der Waals surface area (Å²) in [7, 11) is 1.65. The molecular weight excluding hydrogens is 276 g/mol. The highest BCUT2D eigenvalue weighted by Crippen LogP contribution is 2.22. The van der Waals surface area contributed by atoms with Crippen LogP contribution in [0.1, 0.15) is 47.2 Å². The maximum atomic E-state index is 12.6. The number of nitrogens with one attached hydrogen (secondary N) is 1. The van der Waals surface area contributed by atoms with Gasteiger partial charge in [-0.3, -0.25) is 4.79 Å². The van der Waals surface area contributed by atoms with Crippen LogP contribution in [0.2, 0.25) is 0 Å². The van der Waals surface area contributed by atoms with E-state index < -0.39 is 0 Å². The smallest absolute Gasteiger partial charge is 0.257 e. The standard InChI is InChI=1S/C18H24N2O2/c1-12(2)20-13(3)10-16(14(20)4)18(21)19-17-9-7-6-8-15(17)11-22-5/h6-10,12H,11H2,1-5H3,(H,19,21). The van der Waals surface area contributed by atoms with E-state index in [4.69, 9.17) is 4.74 Å². The van der Waals surface area contributed by atoms with Gasteiger partial charge < -0.3 is 14.6 Å². The average molecular weight is 300 g/mol. The van der Waals surface area contributed by atoms with E-state index in [9.17, 15) is 4.79 Å². The molecule has 22 heavy (non-hydrogen) atoms. The van der Waals surface area contributed by atoms with Crippen molar-refractivity contribution in [3.8, 4) is 0 Å². The minimum absolute atomic E-state index is 0.0800. The van der Waals surface area contributed by atoms with Crippen molar-refractivity contribution in [1.82, 2.24) is 4.57 Å². The van der Waals surface area contributed by atoms with Gasteiger partial charge in [0.2, 0.25) is 0 Å². The second-order valence-corrected chi connectivity index (χ2v) is 5.79. The molecule has 0 aliphatic rings. The molecule has 0 atom stereocenters. The predicted octanol–water partition coefficient (Wildman–Crippen LogP) is 4.08. The first-order chi connectivity index (χ1) is 10.5. The van der Waals surface area contributed by atoms with E-state index in [0.29, 0.717) is 12.6 Å². The summed E-state index contributed by atoms with van der Waals surface area (Å²) in [4.78, 5) is 12.6. The van der Waals surface area contributed by atoms with Gasteiger partial charge in [-0.05, 0) is 39.8 Å². The van der Waals surface area contributed by atoms with Gasteiger partial charge in [0.05, 0.1) is 12.2 Å². The van der Waals surface area contributed by atoms with Gasteiger partial charge in [-0.2, -0.15) is 0 Å². The molecule has 0 unspecified atom stereocenters. The van der Waals surface area contributed by atoms with Gasteiger partial charge in [-0.1, -0.05) is 18.2 Å². The zero-order valence-corrected chi connectivity index (χ0v) is 13.9. The molecule has 2 aromatic rings. The number of aromatic nitrogens is 1. The van der Waals surface area contributed by atoms with Crippen molar-refractivity contribution in [2.75, 3.05) is 12.4 Å². The van der Waals surface area contributed by atoms with Gasteiger partial charge >= 0.3 is 0 Å². The maximum Gasteiger partial charge on any atom is 0.257 e. The Bertz CT molecular complexity index is 672. The van der Waals surface area contributed by atoms with Gasteiger partial charge in [0.25, 0.3) is 5.91 Å². The number of para-hydroxylation sites is 1. The molecule has 0 bridgehead atoms. The monoisotopic (exact) mass is 300 g/mol. The molecule has 1 amide bonds. The molecule has 0 aliphatic heterocycles. The Morgan fingerprint density at radius 2 is 1.95 bits per heavy atom. The third-order valence-corrected chi connectivity index (χ3v) is 3.81. The van der Waals surface area contributed by atoms with Crippen LogP contribution in [0.15, 0.2) is 30.3 Å². The van der Waals surface area contributed by atoms with Gasteiger partial charge in [0.15, 0.2) is 0 Å². The number of anilines is 1. The van der Waals surface area contributed by atoms with Crippen LogP contribution in [0.4, 0.5) is 5.69 Å². The van der Waals surface area contributed by atoms with E-state index in [1.807, 2.05) is 44.2 Å². The lowest BCUT2D eigenvalue weighted by Gasteiger charge is -2.14. The topological polar surface area (TPSA) is 43.3 Å². The lowest BCUT2D eigenvalue weighted by Crippen LogP contribution is -2.15. The minimum atomic E-state index is -0.0800. The molecule has 0 saturated heterocycles. The summed E-state index contributed by atoms with van der Waals surface area (Å²) in [6.45, 7) is 8.73. The average Bonchev–Trinajstić information content (AvgIpc) is 2.76. The van der Waals surface area contributed by atoms with Crippen LogP contribution in [0, 0.1) is 13.8 Å². The van der Waals surface area contributed by atoms with Crippen LogP contribution < -0.4 is 5.32 Å². The normalized spacial score (nSPS) is 11.0. The van der Waals surface area contributed by atoms with Crippen molar-refractivity contribution < 1.29 is 9.53 Å². The third-order valence-electron chi connectivity index (χ3n) is 3.81. The Hall–Kier alpha value is -2.07. The molecule has 2 rings (SSSR count). The molecule has 0 aliphatic carbocycles. The second kappa shape index (κ2) is 6.79. The number of amides is 1. The van der Waals surface area contributed by atoms with Crippen molar-refractivity contribution in [2.45, 2.75) is 40.3 Å². The van der Waals surface area contributed by atoms with Crippen LogP contribution in [0.25, 0.3) is 0 Å². The molecule has 1 N–H and O–H groups in total. The number of carbonyl (C=O) groups excluding carboxylic acids is 1. The van der Waals surface area contributed by atoms with E-state index in [2.05, 4.69) is 23.7 Å². The second-order valence-electron chi connectivity index (χ2n) is 5.79. The molecule has 0 fully saturated rings. The van der Waals surface area contributed by atoms with Crippen molar-refractivity contribution in [2.24, 2.45) is 0 Å². The summed E-state index contributed by atoms with van der Waals surface area (Å²) in [6, 6.07) is 9.98. The van der Waals surface area contributed by atoms with Crippen molar-refractivity contribution in [3.05, 3.63) is 52.8 Å². The molecular formula is C18H24N2O2. The largest absolute Gasteiger partial charge is 0.380 e. The number of aryl methyl sites for hydroxylation is 1. The van der Waals surface area contributed by atoms with Crippen LogP contribution in [-0.4, -0.2) is 17.6 Å². The first-order valence-electron chi connectivity index (χ1n) is 7.52. The summed E-state index contributed by atoms with van der Waals surface area (Å²) >= 11 is 0. The van der Waals surface area contributed by atoms with Crippen LogP contribution >= 0.6 is 0 Å². The molecule has 0 saturated carbocycles. The summed E-state index contributed by atoms with van der Waals surface area (Å²) in [5.74, 6) is -0.0800. The SMILES string of the molecule is COCc1ccccc1NC(=O)c1cc(C)n(C(C)C)c1C. The Morgan fingerprint density at radius 3 is 2.55 bits per heavy atom.